The lowest BCUT2D eigenvalue weighted by atomic mass is 9.79. The van der Waals surface area contributed by atoms with Gasteiger partial charge in [0.15, 0.2) is 0 Å². The second-order valence-electron chi connectivity index (χ2n) is 4.75. The molecule has 0 fully saturated rings. The van der Waals surface area contributed by atoms with Crippen molar-refractivity contribution >= 4 is 5.78 Å². The first-order valence-corrected chi connectivity index (χ1v) is 6.62. The van der Waals surface area contributed by atoms with Crippen LogP contribution in [0.5, 0.6) is 0 Å². The van der Waals surface area contributed by atoms with Crippen LogP contribution in [0.4, 0.5) is 0 Å². The Kier molecular flexibility index (Phi) is 3.61. The van der Waals surface area contributed by atoms with Crippen LogP contribution in [0.1, 0.15) is 42.6 Å². The van der Waals surface area contributed by atoms with E-state index in [9.17, 15) is 4.79 Å². The van der Waals surface area contributed by atoms with Gasteiger partial charge >= 0.3 is 0 Å². The van der Waals surface area contributed by atoms with Gasteiger partial charge in [-0.2, -0.15) is 0 Å². The van der Waals surface area contributed by atoms with E-state index >= 15 is 0 Å². The largest absolute Gasteiger partial charge is 0.343 e. The average molecular weight is 260 g/mol. The second kappa shape index (κ2) is 4.91. The van der Waals surface area contributed by atoms with Gasteiger partial charge in [0.2, 0.25) is 5.78 Å². The van der Waals surface area contributed by atoms with E-state index in [0.29, 0.717) is 5.56 Å². The summed E-state index contributed by atoms with van der Waals surface area (Å²) in [5.41, 5.74) is 1.10. The molecule has 102 valence electrons. The number of methoxy groups -OCH3 is 1. The van der Waals surface area contributed by atoms with Crippen molar-refractivity contribution in [3.8, 4) is 0 Å². The zero-order valence-electron chi connectivity index (χ0n) is 11.7. The first-order chi connectivity index (χ1) is 9.09. The third-order valence-electron chi connectivity index (χ3n) is 4.04. The molecule has 19 heavy (non-hydrogen) atoms. The Labute approximate surface area is 114 Å². The Hall–Kier alpha value is -1.45. The van der Waals surface area contributed by atoms with E-state index in [0.717, 1.165) is 18.4 Å². The summed E-state index contributed by atoms with van der Waals surface area (Å²) in [5.74, 6) is -1.56. The maximum Gasteiger partial charge on any atom is 0.254 e. The smallest absolute Gasteiger partial charge is 0.254 e. The van der Waals surface area contributed by atoms with Gasteiger partial charge in [-0.1, -0.05) is 44.7 Å². The van der Waals surface area contributed by atoms with E-state index in [-0.39, 0.29) is 5.78 Å². The Morgan fingerprint density at radius 1 is 1.32 bits per heavy atom. The molecule has 0 spiro atoms. The molecule has 1 aromatic rings. The summed E-state index contributed by atoms with van der Waals surface area (Å²) < 4.78 is 11.5. The van der Waals surface area contributed by atoms with Gasteiger partial charge in [-0.05, 0) is 24.5 Å². The summed E-state index contributed by atoms with van der Waals surface area (Å²) in [7, 11) is 1.48. The first kappa shape index (κ1) is 14.0. The minimum Gasteiger partial charge on any atom is -0.343 e. The lowest BCUT2D eigenvalue weighted by Crippen LogP contribution is -2.53. The van der Waals surface area contributed by atoms with Gasteiger partial charge in [0.25, 0.3) is 5.79 Å². The molecule has 0 bridgehead atoms. The van der Waals surface area contributed by atoms with Crippen LogP contribution in [0.3, 0.4) is 0 Å². The Balaban J connectivity index is 2.70. The quantitative estimate of drug-likeness (QED) is 0.778. The molecule has 0 radical (unpaired) electrons. The number of benzene rings is 1. The van der Waals surface area contributed by atoms with E-state index < -0.39 is 11.4 Å². The fourth-order valence-electron chi connectivity index (χ4n) is 2.78. The highest BCUT2D eigenvalue weighted by atomic mass is 16.7. The van der Waals surface area contributed by atoms with Crippen molar-refractivity contribution in [1.29, 1.82) is 0 Å². The molecule has 2 rings (SSSR count). The minimum absolute atomic E-state index is 0.182. The molecule has 0 saturated carbocycles. The van der Waals surface area contributed by atoms with Crippen molar-refractivity contribution in [3.63, 3.8) is 0 Å². The number of Topliss-reactive ketones (excluding diaryl/α,β-unsaturated/α-hetero) is 1. The monoisotopic (exact) mass is 260 g/mol. The number of ether oxygens (including phenoxy) is 2. The van der Waals surface area contributed by atoms with Gasteiger partial charge in [0.1, 0.15) is 0 Å². The van der Waals surface area contributed by atoms with E-state index in [2.05, 4.69) is 20.4 Å². The second-order valence-corrected chi connectivity index (χ2v) is 4.75. The predicted octanol–water partition coefficient (Wildman–Crippen LogP) is 3.44. The maximum absolute atomic E-state index is 12.6. The molecule has 3 nitrogen and oxygen atoms in total. The Bertz CT molecular complexity index is 502. The normalized spacial score (nSPS) is 24.9. The third-order valence-corrected chi connectivity index (χ3v) is 4.04. The molecule has 0 amide bonds. The van der Waals surface area contributed by atoms with E-state index in [4.69, 9.17) is 9.47 Å². The highest BCUT2D eigenvalue weighted by Crippen LogP contribution is 2.45. The van der Waals surface area contributed by atoms with Gasteiger partial charge in [-0.15, -0.1) is 0 Å². The van der Waals surface area contributed by atoms with Crippen molar-refractivity contribution in [3.05, 3.63) is 48.0 Å². The van der Waals surface area contributed by atoms with Crippen LogP contribution in [-0.4, -0.2) is 18.7 Å². The summed E-state index contributed by atoms with van der Waals surface area (Å²) in [4.78, 5) is 12.6. The minimum atomic E-state index is -1.37. The van der Waals surface area contributed by atoms with E-state index in [1.54, 1.807) is 0 Å². The number of hydrogen-bond acceptors (Lipinski definition) is 3. The predicted molar refractivity (Wildman–Crippen MR) is 74.1 cm³/mol. The molecular weight excluding hydrogens is 240 g/mol. The zero-order chi connectivity index (χ0) is 14.1. The van der Waals surface area contributed by atoms with Crippen molar-refractivity contribution in [2.75, 3.05) is 7.11 Å². The van der Waals surface area contributed by atoms with Gasteiger partial charge in [-0.25, -0.2) is 0 Å². The molecule has 1 atom stereocenters. The molecule has 1 aliphatic rings. The van der Waals surface area contributed by atoms with Crippen LogP contribution in [-0.2, 0) is 15.1 Å². The number of ketones is 1. The fourth-order valence-corrected chi connectivity index (χ4v) is 2.78. The van der Waals surface area contributed by atoms with Crippen molar-refractivity contribution in [2.24, 2.45) is 0 Å². The van der Waals surface area contributed by atoms with Gasteiger partial charge in [-0.3, -0.25) is 4.79 Å². The van der Waals surface area contributed by atoms with Crippen LogP contribution in [0.2, 0.25) is 0 Å². The van der Waals surface area contributed by atoms with Crippen LogP contribution in [0.25, 0.3) is 0 Å². The zero-order valence-corrected chi connectivity index (χ0v) is 11.7. The highest BCUT2D eigenvalue weighted by Gasteiger charge is 2.51. The number of rotatable bonds is 4. The SMILES string of the molecule is C=CC1(OC)OC(CC)(CC)c2ccccc2C1=O. The number of carbonyl (C=O) groups is 1. The van der Waals surface area contributed by atoms with Crippen molar-refractivity contribution in [1.82, 2.24) is 0 Å². The molecule has 3 heteroatoms. The lowest BCUT2D eigenvalue weighted by Gasteiger charge is -2.45. The molecule has 0 N–H and O–H groups in total. The summed E-state index contributed by atoms with van der Waals surface area (Å²) in [5, 5.41) is 0. The molecule has 1 aromatic carbocycles. The van der Waals surface area contributed by atoms with E-state index in [1.807, 2.05) is 24.3 Å². The average Bonchev–Trinajstić information content (AvgIpc) is 2.49. The van der Waals surface area contributed by atoms with Crippen LogP contribution in [0.15, 0.2) is 36.9 Å². The standard InChI is InChI=1S/C16H20O3/c1-5-15(6-2)13-11-9-8-10-12(13)14(17)16(7-3,18-4)19-15/h7-11H,3,5-6H2,1-2,4H3. The molecule has 0 aliphatic carbocycles. The topological polar surface area (TPSA) is 35.5 Å². The van der Waals surface area contributed by atoms with Crippen LogP contribution < -0.4 is 0 Å². The lowest BCUT2D eigenvalue weighted by molar-refractivity contribution is -0.234. The Morgan fingerprint density at radius 3 is 2.47 bits per heavy atom. The molecule has 1 heterocycles. The van der Waals surface area contributed by atoms with Crippen LogP contribution in [0, 0.1) is 0 Å². The maximum atomic E-state index is 12.6. The van der Waals surface area contributed by atoms with Crippen molar-refractivity contribution in [2.45, 2.75) is 38.1 Å². The van der Waals surface area contributed by atoms with E-state index in [1.165, 1.54) is 13.2 Å². The van der Waals surface area contributed by atoms with Crippen molar-refractivity contribution < 1.29 is 14.3 Å². The first-order valence-electron chi connectivity index (χ1n) is 6.62. The van der Waals surface area contributed by atoms with Gasteiger partial charge in [0, 0.05) is 12.7 Å². The number of fused-ring (bicyclic) bond motifs is 1. The third kappa shape index (κ3) is 1.85. The Morgan fingerprint density at radius 2 is 1.95 bits per heavy atom. The molecule has 1 aliphatic heterocycles. The summed E-state index contributed by atoms with van der Waals surface area (Å²) in [6.45, 7) is 7.82. The summed E-state index contributed by atoms with van der Waals surface area (Å²) in [6.07, 6.45) is 2.99. The molecule has 1 unspecified atom stereocenters. The molecular formula is C16H20O3. The number of carbonyl (C=O) groups excluding carboxylic acids is 1. The van der Waals surface area contributed by atoms with Gasteiger partial charge in [0.05, 0.1) is 5.60 Å². The highest BCUT2D eigenvalue weighted by molar-refractivity contribution is 6.05. The van der Waals surface area contributed by atoms with Crippen LogP contribution >= 0.6 is 0 Å². The summed E-state index contributed by atoms with van der Waals surface area (Å²) in [6, 6.07) is 7.59. The fraction of sp³-hybridized carbons (Fsp3) is 0.438. The molecule has 0 saturated heterocycles. The molecule has 0 aromatic heterocycles. The number of hydrogen-bond donors (Lipinski definition) is 0. The summed E-state index contributed by atoms with van der Waals surface area (Å²) >= 11 is 0. The van der Waals surface area contributed by atoms with Gasteiger partial charge < -0.3 is 9.47 Å².